The molecule has 0 amide bonds. The van der Waals surface area contributed by atoms with E-state index in [-0.39, 0.29) is 16.3 Å². The fraction of sp³-hybridized carbons (Fsp3) is 0.538. The maximum atomic E-state index is 13.6. The summed E-state index contributed by atoms with van der Waals surface area (Å²) in [5.41, 5.74) is 0.885. The maximum absolute atomic E-state index is 13.6. The van der Waals surface area contributed by atoms with Crippen LogP contribution in [0.25, 0.3) is 0 Å². The largest absolute Gasteiger partial charge is 0.205 e. The molecule has 0 saturated heterocycles. The second kappa shape index (κ2) is 5.50. The third-order valence-corrected chi connectivity index (χ3v) is 4.76. The highest BCUT2D eigenvalue weighted by atomic mass is 79.9. The fourth-order valence-corrected chi connectivity index (χ4v) is 1.88. The Balaban J connectivity index is 2.65. The molecule has 90 valence electrons. The topological polar surface area (TPSA) is 0 Å². The van der Waals surface area contributed by atoms with Crippen LogP contribution in [0.2, 0.25) is 5.02 Å². The Labute approximate surface area is 110 Å². The first-order chi connectivity index (χ1) is 7.32. The molecular weight excluding hydrogens is 290 g/mol. The summed E-state index contributed by atoms with van der Waals surface area (Å²) in [4.78, 5) is 0.374. The van der Waals surface area contributed by atoms with Gasteiger partial charge >= 0.3 is 0 Å². The third-order valence-electron chi connectivity index (χ3n) is 2.64. The van der Waals surface area contributed by atoms with E-state index in [1.54, 1.807) is 18.2 Å². The molecule has 1 atom stereocenters. The zero-order chi connectivity index (χ0) is 12.3. The summed E-state index contributed by atoms with van der Waals surface area (Å²) in [7, 11) is 0. The quantitative estimate of drug-likeness (QED) is 0.671. The van der Waals surface area contributed by atoms with Crippen LogP contribution in [0, 0.1) is 11.2 Å². The average molecular weight is 308 g/mol. The molecule has 1 rings (SSSR count). The van der Waals surface area contributed by atoms with E-state index in [9.17, 15) is 4.39 Å². The molecule has 0 fully saturated rings. The molecule has 0 aromatic heterocycles. The van der Waals surface area contributed by atoms with Crippen molar-refractivity contribution in [3.05, 3.63) is 34.6 Å². The van der Waals surface area contributed by atoms with Gasteiger partial charge in [0, 0.05) is 4.83 Å². The molecule has 0 aliphatic carbocycles. The van der Waals surface area contributed by atoms with Gasteiger partial charge in [-0.1, -0.05) is 60.4 Å². The zero-order valence-corrected chi connectivity index (χ0v) is 12.2. The second-order valence-corrected chi connectivity index (χ2v) is 6.60. The van der Waals surface area contributed by atoms with Gasteiger partial charge in [-0.3, -0.25) is 0 Å². The smallest absolute Gasteiger partial charge is 0.144 e. The summed E-state index contributed by atoms with van der Waals surface area (Å²) in [6.07, 6.45) is 1.61. The van der Waals surface area contributed by atoms with Crippen LogP contribution in [-0.2, 0) is 6.42 Å². The number of aryl methyl sites for hydroxylation is 1. The van der Waals surface area contributed by atoms with Gasteiger partial charge in [0.05, 0.1) is 5.02 Å². The summed E-state index contributed by atoms with van der Waals surface area (Å²) in [5.74, 6) is -0.280. The number of benzene rings is 1. The van der Waals surface area contributed by atoms with Crippen LogP contribution in [0.1, 0.15) is 32.8 Å². The van der Waals surface area contributed by atoms with Crippen molar-refractivity contribution in [2.24, 2.45) is 5.41 Å². The van der Waals surface area contributed by atoms with Crippen molar-refractivity contribution in [3.8, 4) is 0 Å². The number of hydrogen-bond donors (Lipinski definition) is 0. The van der Waals surface area contributed by atoms with Crippen LogP contribution in [-0.4, -0.2) is 4.83 Å². The van der Waals surface area contributed by atoms with Crippen molar-refractivity contribution in [2.75, 3.05) is 0 Å². The molecule has 0 spiro atoms. The molecule has 3 heteroatoms. The predicted octanol–water partition coefficient (Wildman–Crippen LogP) is 5.22. The minimum absolute atomic E-state index is 0.190. The van der Waals surface area contributed by atoms with Gasteiger partial charge < -0.3 is 0 Å². The van der Waals surface area contributed by atoms with Gasteiger partial charge in [-0.05, 0) is 29.9 Å². The highest BCUT2D eigenvalue weighted by Crippen LogP contribution is 2.30. The van der Waals surface area contributed by atoms with Crippen molar-refractivity contribution in [1.82, 2.24) is 0 Å². The second-order valence-electron chi connectivity index (χ2n) is 5.09. The maximum Gasteiger partial charge on any atom is 0.144 e. The van der Waals surface area contributed by atoms with Crippen LogP contribution in [0.5, 0.6) is 0 Å². The van der Waals surface area contributed by atoms with E-state index in [2.05, 4.69) is 36.7 Å². The van der Waals surface area contributed by atoms with Gasteiger partial charge in [-0.2, -0.15) is 0 Å². The Morgan fingerprint density at radius 2 is 2.00 bits per heavy atom. The lowest BCUT2D eigenvalue weighted by molar-refractivity contribution is 0.384. The summed E-state index contributed by atoms with van der Waals surface area (Å²) < 4.78 is 13.6. The first-order valence-corrected chi connectivity index (χ1v) is 6.68. The summed E-state index contributed by atoms with van der Waals surface area (Å²) in [5, 5.41) is 0.208. The van der Waals surface area contributed by atoms with Crippen molar-refractivity contribution in [3.63, 3.8) is 0 Å². The van der Waals surface area contributed by atoms with Gasteiger partial charge in [0.1, 0.15) is 5.82 Å². The number of alkyl halides is 1. The SMILES string of the molecule is CC(C)(C)C(Br)CCc1cccc(Cl)c1F. The number of rotatable bonds is 3. The van der Waals surface area contributed by atoms with E-state index in [1.165, 1.54) is 0 Å². The van der Waals surface area contributed by atoms with Gasteiger partial charge in [-0.25, -0.2) is 4.39 Å². The van der Waals surface area contributed by atoms with E-state index in [0.717, 1.165) is 6.42 Å². The van der Waals surface area contributed by atoms with Gasteiger partial charge in [0.25, 0.3) is 0 Å². The van der Waals surface area contributed by atoms with E-state index >= 15 is 0 Å². The fourth-order valence-electron chi connectivity index (χ4n) is 1.46. The Bertz CT molecular complexity index is 357. The minimum atomic E-state index is -0.280. The molecule has 16 heavy (non-hydrogen) atoms. The van der Waals surface area contributed by atoms with E-state index < -0.39 is 0 Å². The normalized spacial score (nSPS) is 13.9. The first kappa shape index (κ1) is 14.0. The van der Waals surface area contributed by atoms with E-state index in [0.29, 0.717) is 16.8 Å². The molecule has 0 heterocycles. The van der Waals surface area contributed by atoms with E-state index in [1.807, 2.05) is 0 Å². The molecule has 0 aliphatic rings. The zero-order valence-electron chi connectivity index (χ0n) is 9.86. The van der Waals surface area contributed by atoms with Crippen molar-refractivity contribution >= 4 is 27.5 Å². The van der Waals surface area contributed by atoms with Gasteiger partial charge in [0.2, 0.25) is 0 Å². The van der Waals surface area contributed by atoms with E-state index in [4.69, 9.17) is 11.6 Å². The summed E-state index contributed by atoms with van der Waals surface area (Å²) in [6.45, 7) is 6.50. The van der Waals surface area contributed by atoms with Crippen LogP contribution in [0.4, 0.5) is 4.39 Å². The van der Waals surface area contributed by atoms with Crippen LogP contribution >= 0.6 is 27.5 Å². The number of halogens is 3. The Hall–Kier alpha value is -0.0800. The molecule has 0 bridgehead atoms. The lowest BCUT2D eigenvalue weighted by Crippen LogP contribution is -2.20. The molecule has 1 unspecified atom stereocenters. The lowest BCUT2D eigenvalue weighted by Gasteiger charge is -2.25. The summed E-state index contributed by atoms with van der Waals surface area (Å²) >= 11 is 9.38. The first-order valence-electron chi connectivity index (χ1n) is 5.39. The lowest BCUT2D eigenvalue weighted by atomic mass is 9.89. The Morgan fingerprint density at radius 1 is 1.38 bits per heavy atom. The minimum Gasteiger partial charge on any atom is -0.205 e. The van der Waals surface area contributed by atoms with Crippen molar-refractivity contribution < 1.29 is 4.39 Å². The van der Waals surface area contributed by atoms with Gasteiger partial charge in [-0.15, -0.1) is 0 Å². The molecule has 0 nitrogen and oxygen atoms in total. The Kier molecular flexibility index (Phi) is 4.81. The summed E-state index contributed by atoms with van der Waals surface area (Å²) in [6, 6.07) is 5.17. The molecule has 1 aromatic rings. The monoisotopic (exact) mass is 306 g/mol. The Morgan fingerprint density at radius 3 is 2.56 bits per heavy atom. The highest BCUT2D eigenvalue weighted by molar-refractivity contribution is 9.09. The van der Waals surface area contributed by atoms with Crippen molar-refractivity contribution in [1.29, 1.82) is 0 Å². The molecule has 0 radical (unpaired) electrons. The molecule has 0 aliphatic heterocycles. The predicted molar refractivity (Wildman–Crippen MR) is 71.9 cm³/mol. The van der Waals surface area contributed by atoms with Crippen LogP contribution in [0.3, 0.4) is 0 Å². The molecule has 0 N–H and O–H groups in total. The molecule has 1 aromatic carbocycles. The van der Waals surface area contributed by atoms with Crippen LogP contribution in [0.15, 0.2) is 18.2 Å². The highest BCUT2D eigenvalue weighted by Gasteiger charge is 2.21. The molecular formula is C13H17BrClF. The average Bonchev–Trinajstić information content (AvgIpc) is 2.18. The molecule has 0 saturated carbocycles. The van der Waals surface area contributed by atoms with Gasteiger partial charge in [0.15, 0.2) is 0 Å². The third kappa shape index (κ3) is 3.74. The number of hydrogen-bond acceptors (Lipinski definition) is 0. The van der Waals surface area contributed by atoms with Crippen molar-refractivity contribution in [2.45, 2.75) is 38.4 Å². The standard InChI is InChI=1S/C13H17BrClF/c1-13(2,3)11(14)8-7-9-5-4-6-10(15)12(9)16/h4-6,11H,7-8H2,1-3H3. The van der Waals surface area contributed by atoms with Crippen LogP contribution < -0.4 is 0 Å².